The molecule has 0 N–H and O–H groups in total. The van der Waals surface area contributed by atoms with E-state index in [0.717, 1.165) is 51.6 Å². The third-order valence-corrected chi connectivity index (χ3v) is 4.27. The van der Waals surface area contributed by atoms with Gasteiger partial charge in [-0.2, -0.15) is 11.8 Å². The second-order valence-electron chi connectivity index (χ2n) is 4.43. The van der Waals surface area contributed by atoms with Crippen molar-refractivity contribution in [3.63, 3.8) is 0 Å². The molecule has 0 amide bonds. The number of morpholine rings is 1. The summed E-state index contributed by atoms with van der Waals surface area (Å²) in [5.41, 5.74) is 0. The van der Waals surface area contributed by atoms with Crippen LogP contribution in [0.5, 0.6) is 0 Å². The molecule has 2 aliphatic rings. The Morgan fingerprint density at radius 2 is 2.00 bits per heavy atom. The first-order chi connectivity index (χ1) is 8.43. The fourth-order valence-electron chi connectivity index (χ4n) is 2.31. The quantitative estimate of drug-likeness (QED) is 0.764. The molecule has 1 aromatic rings. The molecule has 1 aromatic heterocycles. The van der Waals surface area contributed by atoms with Gasteiger partial charge < -0.3 is 9.30 Å². The molecular weight excluding hydrogens is 236 g/mol. The molecule has 0 spiro atoms. The lowest BCUT2D eigenvalue weighted by Crippen LogP contribution is -2.36. The smallest absolute Gasteiger partial charge is 0.147 e. The van der Waals surface area contributed by atoms with E-state index in [-0.39, 0.29) is 0 Å². The van der Waals surface area contributed by atoms with E-state index in [4.69, 9.17) is 4.74 Å². The molecule has 0 bridgehead atoms. The summed E-state index contributed by atoms with van der Waals surface area (Å²) in [6.45, 7) is 5.69. The lowest BCUT2D eigenvalue weighted by Gasteiger charge is -2.26. The minimum absolute atomic E-state index is 0.844. The maximum atomic E-state index is 5.36. The molecule has 0 radical (unpaired) electrons. The highest BCUT2D eigenvalue weighted by atomic mass is 32.2. The Labute approximate surface area is 106 Å². The molecule has 6 heteroatoms. The largest absolute Gasteiger partial charge is 0.379 e. The Hall–Kier alpha value is -0.590. The van der Waals surface area contributed by atoms with Crippen molar-refractivity contribution in [2.75, 3.05) is 37.8 Å². The number of aromatic nitrogens is 3. The molecule has 0 aliphatic carbocycles. The maximum Gasteiger partial charge on any atom is 0.147 e. The van der Waals surface area contributed by atoms with Gasteiger partial charge in [-0.15, -0.1) is 10.2 Å². The van der Waals surface area contributed by atoms with Crippen molar-refractivity contribution in [3.05, 3.63) is 11.6 Å². The zero-order valence-electron chi connectivity index (χ0n) is 9.97. The first kappa shape index (κ1) is 11.5. The fourth-order valence-corrected chi connectivity index (χ4v) is 3.16. The van der Waals surface area contributed by atoms with Crippen LogP contribution in [0.4, 0.5) is 0 Å². The van der Waals surface area contributed by atoms with Crippen LogP contribution in [0.3, 0.4) is 0 Å². The van der Waals surface area contributed by atoms with Gasteiger partial charge >= 0.3 is 0 Å². The summed E-state index contributed by atoms with van der Waals surface area (Å²) in [7, 11) is 0. The third kappa shape index (κ3) is 2.64. The summed E-state index contributed by atoms with van der Waals surface area (Å²) in [4.78, 5) is 2.40. The van der Waals surface area contributed by atoms with Crippen LogP contribution in [0.25, 0.3) is 0 Å². The van der Waals surface area contributed by atoms with Crippen LogP contribution in [0, 0.1) is 0 Å². The molecule has 94 valence electrons. The number of hydrogen-bond donors (Lipinski definition) is 0. The molecule has 3 heterocycles. The Morgan fingerprint density at radius 3 is 2.88 bits per heavy atom. The van der Waals surface area contributed by atoms with Crippen molar-refractivity contribution in [1.82, 2.24) is 19.7 Å². The minimum Gasteiger partial charge on any atom is -0.379 e. The zero-order chi connectivity index (χ0) is 11.5. The van der Waals surface area contributed by atoms with Gasteiger partial charge in [-0.25, -0.2) is 0 Å². The number of fused-ring (bicyclic) bond motifs is 1. The Morgan fingerprint density at radius 1 is 1.12 bits per heavy atom. The Balaban J connectivity index is 1.71. The number of hydrogen-bond acceptors (Lipinski definition) is 5. The number of ether oxygens (including phenoxy) is 1. The van der Waals surface area contributed by atoms with E-state index in [9.17, 15) is 0 Å². The van der Waals surface area contributed by atoms with E-state index in [1.807, 2.05) is 11.8 Å². The van der Waals surface area contributed by atoms with Crippen LogP contribution >= 0.6 is 11.8 Å². The van der Waals surface area contributed by atoms with E-state index < -0.39 is 0 Å². The number of rotatable bonds is 2. The molecule has 0 saturated carbocycles. The fraction of sp³-hybridized carbons (Fsp3) is 0.818. The molecule has 1 saturated heterocycles. The van der Waals surface area contributed by atoms with Gasteiger partial charge in [-0.3, -0.25) is 4.90 Å². The molecule has 1 fully saturated rings. The van der Waals surface area contributed by atoms with Crippen molar-refractivity contribution in [1.29, 1.82) is 0 Å². The summed E-state index contributed by atoms with van der Waals surface area (Å²) in [5.74, 6) is 4.65. The summed E-state index contributed by atoms with van der Waals surface area (Å²) in [5, 5.41) is 8.68. The van der Waals surface area contributed by atoms with Crippen molar-refractivity contribution >= 4 is 11.8 Å². The van der Waals surface area contributed by atoms with Crippen molar-refractivity contribution in [3.8, 4) is 0 Å². The summed E-state index contributed by atoms with van der Waals surface area (Å²) < 4.78 is 7.68. The van der Waals surface area contributed by atoms with Crippen LogP contribution in [0.15, 0.2) is 0 Å². The van der Waals surface area contributed by atoms with Gasteiger partial charge in [0, 0.05) is 37.6 Å². The van der Waals surface area contributed by atoms with E-state index >= 15 is 0 Å². The second kappa shape index (κ2) is 5.37. The Kier molecular flexibility index (Phi) is 3.63. The number of thioether (sulfide) groups is 1. The number of nitrogens with zero attached hydrogens (tertiary/aromatic N) is 4. The van der Waals surface area contributed by atoms with Gasteiger partial charge in [0.2, 0.25) is 0 Å². The highest BCUT2D eigenvalue weighted by Crippen LogP contribution is 2.15. The van der Waals surface area contributed by atoms with Crippen molar-refractivity contribution < 1.29 is 4.74 Å². The van der Waals surface area contributed by atoms with E-state index in [0.29, 0.717) is 0 Å². The van der Waals surface area contributed by atoms with E-state index in [2.05, 4.69) is 19.7 Å². The Bertz CT molecular complexity index is 376. The number of aryl methyl sites for hydroxylation is 1. The van der Waals surface area contributed by atoms with Gasteiger partial charge in [0.15, 0.2) is 0 Å². The van der Waals surface area contributed by atoms with Gasteiger partial charge in [-0.05, 0) is 0 Å². The monoisotopic (exact) mass is 254 g/mol. The van der Waals surface area contributed by atoms with Gasteiger partial charge in [0.1, 0.15) is 11.6 Å². The van der Waals surface area contributed by atoms with Gasteiger partial charge in [0.05, 0.1) is 19.8 Å². The highest BCUT2D eigenvalue weighted by molar-refractivity contribution is 7.99. The summed E-state index contributed by atoms with van der Waals surface area (Å²) >= 11 is 2.01. The molecule has 2 aliphatic heterocycles. The van der Waals surface area contributed by atoms with Crippen LogP contribution in [-0.2, 0) is 24.2 Å². The molecule has 0 unspecified atom stereocenters. The van der Waals surface area contributed by atoms with Crippen LogP contribution < -0.4 is 0 Å². The molecule has 5 nitrogen and oxygen atoms in total. The average Bonchev–Trinajstić information content (AvgIpc) is 2.61. The molecule has 0 atom stereocenters. The highest BCUT2D eigenvalue weighted by Gasteiger charge is 2.18. The average molecular weight is 254 g/mol. The standard InChI is InChI=1S/C11H18N4OS/c1-7-17-8-4-15-10(1)12-13-11(15)9-14-2-5-16-6-3-14/h1-9H2. The van der Waals surface area contributed by atoms with Crippen LogP contribution in [0.1, 0.15) is 11.6 Å². The summed E-state index contributed by atoms with van der Waals surface area (Å²) in [6, 6.07) is 0. The minimum atomic E-state index is 0.844. The third-order valence-electron chi connectivity index (χ3n) is 3.30. The maximum absolute atomic E-state index is 5.36. The predicted octanol–water partition coefficient (Wildman–Crippen LogP) is 0.400. The lowest BCUT2D eigenvalue weighted by molar-refractivity contribution is 0.0325. The summed E-state index contributed by atoms with van der Waals surface area (Å²) in [6.07, 6.45) is 1.06. The normalized spacial score (nSPS) is 22.1. The molecule has 0 aromatic carbocycles. The zero-order valence-corrected chi connectivity index (χ0v) is 10.8. The van der Waals surface area contributed by atoms with E-state index in [1.165, 1.54) is 17.3 Å². The van der Waals surface area contributed by atoms with Gasteiger partial charge in [-0.1, -0.05) is 0 Å². The van der Waals surface area contributed by atoms with Gasteiger partial charge in [0.25, 0.3) is 0 Å². The van der Waals surface area contributed by atoms with E-state index in [1.54, 1.807) is 0 Å². The van der Waals surface area contributed by atoms with Crippen LogP contribution in [-0.4, -0.2) is 57.5 Å². The first-order valence-electron chi connectivity index (χ1n) is 6.22. The second-order valence-corrected chi connectivity index (χ2v) is 5.66. The molecular formula is C11H18N4OS. The van der Waals surface area contributed by atoms with Crippen LogP contribution in [0.2, 0.25) is 0 Å². The molecule has 3 rings (SSSR count). The van der Waals surface area contributed by atoms with Crippen molar-refractivity contribution in [2.24, 2.45) is 0 Å². The SMILES string of the molecule is C1CN(Cc2nnc3n2CCSCC3)CCO1. The molecule has 17 heavy (non-hydrogen) atoms. The predicted molar refractivity (Wildman–Crippen MR) is 67.1 cm³/mol. The van der Waals surface area contributed by atoms with Crippen molar-refractivity contribution in [2.45, 2.75) is 19.5 Å². The topological polar surface area (TPSA) is 43.2 Å². The first-order valence-corrected chi connectivity index (χ1v) is 7.38. The lowest BCUT2D eigenvalue weighted by atomic mass is 10.4.